The maximum Gasteiger partial charge on any atom is 0.324 e. The Balaban J connectivity index is 1.65. The second-order valence-electron chi connectivity index (χ2n) is 6.58. The van der Waals surface area contributed by atoms with E-state index in [0.29, 0.717) is 16.6 Å². The molecule has 0 aromatic carbocycles. The molecular weight excluding hydrogens is 328 g/mol. The first-order valence-corrected chi connectivity index (χ1v) is 8.84. The molecule has 2 aromatic heterocycles. The number of imidazole rings is 1. The number of piperidine rings is 1. The van der Waals surface area contributed by atoms with Crippen molar-refractivity contribution < 1.29 is 9.53 Å². The van der Waals surface area contributed by atoms with Gasteiger partial charge in [0.25, 0.3) is 0 Å². The minimum Gasteiger partial charge on any atom is -0.456 e. The average molecular weight is 351 g/mol. The number of pyridine rings is 1. The van der Waals surface area contributed by atoms with Crippen molar-refractivity contribution in [3.63, 3.8) is 0 Å². The van der Waals surface area contributed by atoms with Crippen LogP contribution in [0.15, 0.2) is 12.1 Å². The lowest BCUT2D eigenvalue weighted by molar-refractivity contribution is -0.154. The first-order valence-electron chi connectivity index (χ1n) is 8.46. The number of likely N-dealkylation sites (tertiary alicyclic amines) is 1. The van der Waals surface area contributed by atoms with E-state index in [-0.39, 0.29) is 24.5 Å². The number of nitrogens with zero attached hydrogens (tertiary/aromatic N) is 3. The van der Waals surface area contributed by atoms with Crippen molar-refractivity contribution in [2.45, 2.75) is 45.8 Å². The standard InChI is InChI=1S/C17H23ClN4O2/c1-11(2)15(22-8-4-3-5-9-22)17(23)24-10-14-19-12-6-7-13(18)20-16(12)21-14/h6-7,11,15H,3-5,8-10H2,1-2H3,(H,19,20,21). The van der Waals surface area contributed by atoms with Gasteiger partial charge in [-0.3, -0.25) is 9.69 Å². The van der Waals surface area contributed by atoms with Crippen LogP contribution in [0, 0.1) is 5.92 Å². The topological polar surface area (TPSA) is 71.1 Å². The number of ether oxygens (including phenoxy) is 1. The minimum atomic E-state index is -0.192. The molecule has 3 rings (SSSR count). The minimum absolute atomic E-state index is 0.115. The van der Waals surface area contributed by atoms with Crippen LogP contribution >= 0.6 is 11.6 Å². The second kappa shape index (κ2) is 7.49. The third kappa shape index (κ3) is 3.87. The number of aromatic amines is 1. The summed E-state index contributed by atoms with van der Waals surface area (Å²) in [4.78, 5) is 26.4. The fourth-order valence-corrected chi connectivity index (χ4v) is 3.40. The molecule has 1 atom stereocenters. The van der Waals surface area contributed by atoms with E-state index in [1.165, 1.54) is 6.42 Å². The van der Waals surface area contributed by atoms with E-state index in [1.54, 1.807) is 6.07 Å². The molecule has 130 valence electrons. The van der Waals surface area contributed by atoms with Crippen LogP contribution in [0.4, 0.5) is 0 Å². The number of carbonyl (C=O) groups excluding carboxylic acids is 1. The zero-order chi connectivity index (χ0) is 17.1. The molecule has 0 radical (unpaired) electrons. The van der Waals surface area contributed by atoms with Gasteiger partial charge in [0.15, 0.2) is 5.65 Å². The largest absolute Gasteiger partial charge is 0.456 e. The maximum atomic E-state index is 12.6. The molecule has 1 N–H and O–H groups in total. The van der Waals surface area contributed by atoms with Crippen LogP contribution in [-0.4, -0.2) is 45.0 Å². The third-order valence-corrected chi connectivity index (χ3v) is 4.58. The van der Waals surface area contributed by atoms with E-state index >= 15 is 0 Å². The number of carbonyl (C=O) groups is 1. The first kappa shape index (κ1) is 17.2. The van der Waals surface area contributed by atoms with Crippen molar-refractivity contribution in [2.75, 3.05) is 13.1 Å². The van der Waals surface area contributed by atoms with Crippen molar-refractivity contribution in [2.24, 2.45) is 5.92 Å². The van der Waals surface area contributed by atoms with Gasteiger partial charge in [-0.2, -0.15) is 0 Å². The van der Waals surface area contributed by atoms with E-state index < -0.39 is 0 Å². The molecular formula is C17H23ClN4O2. The van der Waals surface area contributed by atoms with E-state index in [2.05, 4.69) is 33.7 Å². The summed E-state index contributed by atoms with van der Waals surface area (Å²) in [5.41, 5.74) is 1.31. The fraction of sp³-hybridized carbons (Fsp3) is 0.588. The summed E-state index contributed by atoms with van der Waals surface area (Å²) >= 11 is 5.86. The van der Waals surface area contributed by atoms with Gasteiger partial charge in [0, 0.05) is 0 Å². The Labute approximate surface area is 146 Å². The molecule has 0 aliphatic carbocycles. The summed E-state index contributed by atoms with van der Waals surface area (Å²) in [6, 6.07) is 3.32. The maximum absolute atomic E-state index is 12.6. The summed E-state index contributed by atoms with van der Waals surface area (Å²) in [5.74, 6) is 0.611. The summed E-state index contributed by atoms with van der Waals surface area (Å²) in [5, 5.41) is 0.391. The van der Waals surface area contributed by atoms with Crippen molar-refractivity contribution in [3.8, 4) is 0 Å². The predicted molar refractivity (Wildman–Crippen MR) is 92.7 cm³/mol. The number of H-pyrrole nitrogens is 1. The van der Waals surface area contributed by atoms with E-state index in [4.69, 9.17) is 16.3 Å². The Bertz CT molecular complexity index is 710. The molecule has 0 bridgehead atoms. The predicted octanol–water partition coefficient (Wildman–Crippen LogP) is 3.17. The Kier molecular flexibility index (Phi) is 5.36. The molecule has 7 heteroatoms. The molecule has 6 nitrogen and oxygen atoms in total. The Morgan fingerprint density at radius 2 is 2.04 bits per heavy atom. The molecule has 2 aromatic rings. The highest BCUT2D eigenvalue weighted by Gasteiger charge is 2.31. The van der Waals surface area contributed by atoms with Crippen molar-refractivity contribution >= 4 is 28.7 Å². The third-order valence-electron chi connectivity index (χ3n) is 4.37. The average Bonchev–Trinajstić information content (AvgIpc) is 2.95. The Morgan fingerprint density at radius 1 is 1.29 bits per heavy atom. The SMILES string of the molecule is CC(C)C(C(=O)OCc1nc2nc(Cl)ccc2[nH]1)N1CCCCC1. The molecule has 1 aliphatic rings. The highest BCUT2D eigenvalue weighted by atomic mass is 35.5. The van der Waals surface area contributed by atoms with Crippen molar-refractivity contribution in [1.29, 1.82) is 0 Å². The molecule has 24 heavy (non-hydrogen) atoms. The van der Waals surface area contributed by atoms with Gasteiger partial charge >= 0.3 is 5.97 Å². The van der Waals surface area contributed by atoms with Crippen LogP contribution in [0.25, 0.3) is 11.2 Å². The number of esters is 1. The molecule has 1 unspecified atom stereocenters. The van der Waals surface area contributed by atoms with Crippen LogP contribution in [0.5, 0.6) is 0 Å². The zero-order valence-electron chi connectivity index (χ0n) is 14.1. The molecule has 1 aliphatic heterocycles. The van der Waals surface area contributed by atoms with Crippen LogP contribution in [0.1, 0.15) is 38.9 Å². The highest BCUT2D eigenvalue weighted by Crippen LogP contribution is 2.19. The lowest BCUT2D eigenvalue weighted by Crippen LogP contribution is -2.47. The normalized spacial score (nSPS) is 17.3. The van der Waals surface area contributed by atoms with Gasteiger partial charge in [0.05, 0.1) is 5.52 Å². The van der Waals surface area contributed by atoms with Gasteiger partial charge in [0.2, 0.25) is 0 Å². The number of halogens is 1. The zero-order valence-corrected chi connectivity index (χ0v) is 14.8. The quantitative estimate of drug-likeness (QED) is 0.662. The number of hydrogen-bond acceptors (Lipinski definition) is 5. The molecule has 0 spiro atoms. The Hall–Kier alpha value is -1.66. The van der Waals surface area contributed by atoms with Gasteiger partial charge in [-0.1, -0.05) is 31.9 Å². The number of aromatic nitrogens is 3. The van der Waals surface area contributed by atoms with E-state index in [0.717, 1.165) is 31.4 Å². The Morgan fingerprint density at radius 3 is 2.75 bits per heavy atom. The van der Waals surface area contributed by atoms with Crippen molar-refractivity contribution in [3.05, 3.63) is 23.1 Å². The summed E-state index contributed by atoms with van der Waals surface area (Å²) in [6.45, 7) is 6.17. The molecule has 1 fully saturated rings. The van der Waals surface area contributed by atoms with Crippen molar-refractivity contribution in [1.82, 2.24) is 19.9 Å². The van der Waals surface area contributed by atoms with Gasteiger partial charge in [-0.05, 0) is 44.0 Å². The van der Waals surface area contributed by atoms with Crippen LogP contribution in [-0.2, 0) is 16.1 Å². The lowest BCUT2D eigenvalue weighted by atomic mass is 9.99. The lowest BCUT2D eigenvalue weighted by Gasteiger charge is -2.35. The van der Waals surface area contributed by atoms with E-state index in [9.17, 15) is 4.79 Å². The van der Waals surface area contributed by atoms with Gasteiger partial charge in [0.1, 0.15) is 23.6 Å². The molecule has 0 amide bonds. The number of nitrogens with one attached hydrogen (secondary N) is 1. The second-order valence-corrected chi connectivity index (χ2v) is 6.97. The van der Waals surface area contributed by atoms with Gasteiger partial charge in [-0.15, -0.1) is 0 Å². The number of hydrogen-bond donors (Lipinski definition) is 1. The fourth-order valence-electron chi connectivity index (χ4n) is 3.25. The summed E-state index contributed by atoms with van der Waals surface area (Å²) < 4.78 is 5.53. The van der Waals surface area contributed by atoms with Crippen LogP contribution in [0.2, 0.25) is 5.15 Å². The van der Waals surface area contributed by atoms with Crippen LogP contribution in [0.3, 0.4) is 0 Å². The molecule has 1 saturated heterocycles. The summed E-state index contributed by atoms with van der Waals surface area (Å²) in [6.07, 6.45) is 3.53. The molecule has 0 saturated carbocycles. The first-order chi connectivity index (χ1) is 11.5. The van der Waals surface area contributed by atoms with Gasteiger partial charge in [-0.25, -0.2) is 9.97 Å². The monoisotopic (exact) mass is 350 g/mol. The van der Waals surface area contributed by atoms with Crippen LogP contribution < -0.4 is 0 Å². The van der Waals surface area contributed by atoms with E-state index in [1.807, 2.05) is 6.07 Å². The van der Waals surface area contributed by atoms with Gasteiger partial charge < -0.3 is 9.72 Å². The highest BCUT2D eigenvalue weighted by molar-refractivity contribution is 6.29. The number of fused-ring (bicyclic) bond motifs is 1. The smallest absolute Gasteiger partial charge is 0.324 e. The summed E-state index contributed by atoms with van der Waals surface area (Å²) in [7, 11) is 0. The molecule has 3 heterocycles. The number of rotatable bonds is 5.